The van der Waals surface area contributed by atoms with Gasteiger partial charge in [-0.3, -0.25) is 4.79 Å². The van der Waals surface area contributed by atoms with Gasteiger partial charge in [-0.15, -0.1) is 0 Å². The second-order valence-electron chi connectivity index (χ2n) is 4.13. The molecule has 1 aromatic rings. The number of benzene rings is 1. The number of fused-ring (bicyclic) bond motifs is 2. The number of hydrogen-bond acceptors (Lipinski definition) is 2. The number of hydrogen-bond donors (Lipinski definition) is 2. The van der Waals surface area contributed by atoms with Crippen molar-refractivity contribution in [3.63, 3.8) is 0 Å². The standard InChI is InChI=1S/C11H11ClN2O/c12-8-3-1-2-7-9(8)14-10(15)11(7)4-5-13-6-11/h1-3,13H,4-6H2,(H,14,15). The lowest BCUT2D eigenvalue weighted by molar-refractivity contribution is -0.120. The molecule has 0 aliphatic carbocycles. The number of anilines is 1. The lowest BCUT2D eigenvalue weighted by Crippen LogP contribution is -2.36. The summed E-state index contributed by atoms with van der Waals surface area (Å²) in [6, 6.07) is 5.70. The van der Waals surface area contributed by atoms with E-state index in [1.165, 1.54) is 0 Å². The number of halogens is 1. The van der Waals surface area contributed by atoms with Crippen molar-refractivity contribution in [2.75, 3.05) is 18.4 Å². The van der Waals surface area contributed by atoms with E-state index in [-0.39, 0.29) is 11.3 Å². The van der Waals surface area contributed by atoms with Crippen molar-refractivity contribution in [3.05, 3.63) is 28.8 Å². The molecule has 3 nitrogen and oxygen atoms in total. The Bertz CT molecular complexity index is 438. The van der Waals surface area contributed by atoms with Crippen molar-refractivity contribution >= 4 is 23.2 Å². The molecule has 4 heteroatoms. The van der Waals surface area contributed by atoms with E-state index >= 15 is 0 Å². The van der Waals surface area contributed by atoms with E-state index in [1.807, 2.05) is 18.2 Å². The molecule has 1 spiro atoms. The first kappa shape index (κ1) is 9.19. The minimum Gasteiger partial charge on any atom is -0.324 e. The Morgan fingerprint density at radius 3 is 3.00 bits per heavy atom. The van der Waals surface area contributed by atoms with Gasteiger partial charge in [-0.25, -0.2) is 0 Å². The van der Waals surface area contributed by atoms with Gasteiger partial charge in [-0.2, -0.15) is 0 Å². The van der Waals surface area contributed by atoms with Crippen LogP contribution >= 0.6 is 11.6 Å². The van der Waals surface area contributed by atoms with Gasteiger partial charge in [0.05, 0.1) is 16.1 Å². The Morgan fingerprint density at radius 2 is 2.27 bits per heavy atom. The van der Waals surface area contributed by atoms with Crippen molar-refractivity contribution in [3.8, 4) is 0 Å². The first-order valence-electron chi connectivity index (χ1n) is 5.05. The Kier molecular flexibility index (Phi) is 1.82. The summed E-state index contributed by atoms with van der Waals surface area (Å²) in [5.41, 5.74) is 1.47. The topological polar surface area (TPSA) is 41.1 Å². The van der Waals surface area contributed by atoms with Crippen LogP contribution in [0.25, 0.3) is 0 Å². The van der Waals surface area contributed by atoms with Crippen molar-refractivity contribution in [2.45, 2.75) is 11.8 Å². The molecule has 1 fully saturated rings. The Morgan fingerprint density at radius 1 is 1.40 bits per heavy atom. The third kappa shape index (κ3) is 1.08. The van der Waals surface area contributed by atoms with Crippen molar-refractivity contribution in [1.29, 1.82) is 0 Å². The van der Waals surface area contributed by atoms with Gasteiger partial charge in [0.1, 0.15) is 0 Å². The molecule has 0 saturated carbocycles. The monoisotopic (exact) mass is 222 g/mol. The highest BCUT2D eigenvalue weighted by Crippen LogP contribution is 2.44. The maximum Gasteiger partial charge on any atom is 0.236 e. The van der Waals surface area contributed by atoms with E-state index in [0.29, 0.717) is 11.6 Å². The van der Waals surface area contributed by atoms with Crippen LogP contribution < -0.4 is 10.6 Å². The summed E-state index contributed by atoms with van der Waals surface area (Å²) in [6.07, 6.45) is 0.853. The third-order valence-electron chi connectivity index (χ3n) is 3.36. The van der Waals surface area contributed by atoms with Gasteiger partial charge in [0.15, 0.2) is 0 Å². The zero-order valence-corrected chi connectivity index (χ0v) is 8.90. The molecule has 0 aromatic heterocycles. The summed E-state index contributed by atoms with van der Waals surface area (Å²) in [6.45, 7) is 1.60. The highest BCUT2D eigenvalue weighted by molar-refractivity contribution is 6.34. The average molecular weight is 223 g/mol. The highest BCUT2D eigenvalue weighted by Gasteiger charge is 2.49. The average Bonchev–Trinajstić information content (AvgIpc) is 2.79. The molecule has 1 aromatic carbocycles. The molecule has 15 heavy (non-hydrogen) atoms. The van der Waals surface area contributed by atoms with Crippen LogP contribution in [0.1, 0.15) is 12.0 Å². The van der Waals surface area contributed by atoms with Gasteiger partial charge in [0.25, 0.3) is 0 Å². The third-order valence-corrected chi connectivity index (χ3v) is 3.67. The molecule has 1 unspecified atom stereocenters. The number of para-hydroxylation sites is 1. The maximum absolute atomic E-state index is 12.0. The number of amides is 1. The van der Waals surface area contributed by atoms with Crippen LogP contribution in [0.5, 0.6) is 0 Å². The molecule has 78 valence electrons. The molecule has 0 radical (unpaired) electrons. The van der Waals surface area contributed by atoms with Gasteiger partial charge in [-0.1, -0.05) is 23.7 Å². The van der Waals surface area contributed by atoms with E-state index in [2.05, 4.69) is 10.6 Å². The maximum atomic E-state index is 12.0. The Balaban J connectivity index is 2.21. The lowest BCUT2D eigenvalue weighted by atomic mass is 9.81. The summed E-state index contributed by atoms with van der Waals surface area (Å²) < 4.78 is 0. The van der Waals surface area contributed by atoms with Crippen LogP contribution in [0.3, 0.4) is 0 Å². The number of carbonyl (C=O) groups excluding carboxylic acids is 1. The minimum atomic E-state index is -0.375. The number of nitrogens with one attached hydrogen (secondary N) is 2. The second kappa shape index (κ2) is 2.97. The van der Waals surface area contributed by atoms with E-state index in [0.717, 1.165) is 24.2 Å². The molecule has 1 amide bonds. The van der Waals surface area contributed by atoms with Crippen molar-refractivity contribution in [1.82, 2.24) is 5.32 Å². The summed E-state index contributed by atoms with van der Waals surface area (Å²) in [5, 5.41) is 6.76. The largest absolute Gasteiger partial charge is 0.324 e. The van der Waals surface area contributed by atoms with E-state index in [1.54, 1.807) is 0 Å². The van der Waals surface area contributed by atoms with E-state index < -0.39 is 0 Å². The molecule has 1 saturated heterocycles. The molecule has 3 rings (SSSR count). The smallest absolute Gasteiger partial charge is 0.236 e. The molecule has 2 heterocycles. The molecule has 1 atom stereocenters. The van der Waals surface area contributed by atoms with Crippen LogP contribution in [0.4, 0.5) is 5.69 Å². The molecular weight excluding hydrogens is 212 g/mol. The van der Waals surface area contributed by atoms with Gasteiger partial charge in [-0.05, 0) is 24.6 Å². The van der Waals surface area contributed by atoms with E-state index in [9.17, 15) is 4.79 Å². The first-order valence-corrected chi connectivity index (χ1v) is 5.43. The normalized spacial score (nSPS) is 28.2. The summed E-state index contributed by atoms with van der Waals surface area (Å²) in [7, 11) is 0. The van der Waals surface area contributed by atoms with Gasteiger partial charge < -0.3 is 10.6 Å². The van der Waals surface area contributed by atoms with Gasteiger partial charge in [0.2, 0.25) is 5.91 Å². The molecule has 0 bridgehead atoms. The summed E-state index contributed by atoms with van der Waals surface area (Å²) >= 11 is 6.06. The van der Waals surface area contributed by atoms with Crippen LogP contribution in [0, 0.1) is 0 Å². The lowest BCUT2D eigenvalue weighted by Gasteiger charge is -2.19. The van der Waals surface area contributed by atoms with Crippen molar-refractivity contribution in [2.24, 2.45) is 0 Å². The van der Waals surface area contributed by atoms with Crippen molar-refractivity contribution < 1.29 is 4.79 Å². The van der Waals surface area contributed by atoms with Crippen LogP contribution in [-0.4, -0.2) is 19.0 Å². The second-order valence-corrected chi connectivity index (χ2v) is 4.53. The van der Waals surface area contributed by atoms with Gasteiger partial charge in [0, 0.05) is 6.54 Å². The predicted octanol–water partition coefficient (Wildman–Crippen LogP) is 1.52. The Labute approximate surface area is 92.8 Å². The highest BCUT2D eigenvalue weighted by atomic mass is 35.5. The first-order chi connectivity index (χ1) is 7.24. The fraction of sp³-hybridized carbons (Fsp3) is 0.364. The molecular formula is C11H11ClN2O. The summed E-state index contributed by atoms with van der Waals surface area (Å²) in [4.78, 5) is 12.0. The molecule has 2 N–H and O–H groups in total. The fourth-order valence-electron chi connectivity index (χ4n) is 2.52. The van der Waals surface area contributed by atoms with Crippen LogP contribution in [-0.2, 0) is 10.2 Å². The summed E-state index contributed by atoms with van der Waals surface area (Å²) in [5.74, 6) is 0.0793. The predicted molar refractivity (Wildman–Crippen MR) is 59.2 cm³/mol. The number of rotatable bonds is 0. The van der Waals surface area contributed by atoms with Crippen LogP contribution in [0.15, 0.2) is 18.2 Å². The zero-order chi connectivity index (χ0) is 10.5. The fourth-order valence-corrected chi connectivity index (χ4v) is 2.74. The zero-order valence-electron chi connectivity index (χ0n) is 8.14. The molecule has 2 aliphatic rings. The van der Waals surface area contributed by atoms with E-state index in [4.69, 9.17) is 11.6 Å². The molecule has 2 aliphatic heterocycles. The minimum absolute atomic E-state index is 0.0793. The van der Waals surface area contributed by atoms with Gasteiger partial charge >= 0.3 is 0 Å². The SMILES string of the molecule is O=C1Nc2c(Cl)cccc2C12CCNC2. The number of carbonyl (C=O) groups is 1. The Hall–Kier alpha value is -1.06. The quantitative estimate of drug-likeness (QED) is 0.699. The van der Waals surface area contributed by atoms with Crippen LogP contribution in [0.2, 0.25) is 5.02 Å².